The monoisotopic (exact) mass is 287 g/mol. The van der Waals surface area contributed by atoms with E-state index in [9.17, 15) is 0 Å². The van der Waals surface area contributed by atoms with Crippen molar-refractivity contribution in [2.75, 3.05) is 20.2 Å². The highest BCUT2D eigenvalue weighted by Gasteiger charge is 2.32. The van der Waals surface area contributed by atoms with Gasteiger partial charge in [-0.25, -0.2) is 0 Å². The number of nitrogens with one attached hydrogen (secondary N) is 1. The fourth-order valence-corrected chi connectivity index (χ4v) is 4.22. The molecule has 21 heavy (non-hydrogen) atoms. The average Bonchev–Trinajstić information content (AvgIpc) is 2.95. The summed E-state index contributed by atoms with van der Waals surface area (Å²) in [4.78, 5) is 0. The fraction of sp³-hybridized carbons (Fsp3) is 0.684. The summed E-state index contributed by atoms with van der Waals surface area (Å²) < 4.78 is 5.66. The molecule has 0 amide bonds. The highest BCUT2D eigenvalue weighted by molar-refractivity contribution is 5.41. The first-order valence-electron chi connectivity index (χ1n) is 8.59. The van der Waals surface area contributed by atoms with E-state index in [1.807, 2.05) is 0 Å². The molecule has 0 spiro atoms. The van der Waals surface area contributed by atoms with Gasteiger partial charge in [0, 0.05) is 6.42 Å². The Morgan fingerprint density at radius 1 is 1.29 bits per heavy atom. The largest absolute Gasteiger partial charge is 0.493 e. The van der Waals surface area contributed by atoms with E-state index >= 15 is 0 Å². The molecule has 1 saturated carbocycles. The van der Waals surface area contributed by atoms with Crippen molar-refractivity contribution in [3.63, 3.8) is 0 Å². The Morgan fingerprint density at radius 3 is 2.90 bits per heavy atom. The summed E-state index contributed by atoms with van der Waals surface area (Å²) in [5, 5.41) is 3.41. The molecule has 116 valence electrons. The predicted molar refractivity (Wildman–Crippen MR) is 88.0 cm³/mol. The van der Waals surface area contributed by atoms with Crippen LogP contribution in [0.5, 0.6) is 5.75 Å². The predicted octanol–water partition coefficient (Wildman–Crippen LogP) is 4.00. The van der Waals surface area contributed by atoms with Crippen LogP contribution in [0.2, 0.25) is 0 Å². The van der Waals surface area contributed by atoms with Crippen LogP contribution in [0.4, 0.5) is 0 Å². The molecular formula is C19H29NO. The van der Waals surface area contributed by atoms with Crippen molar-refractivity contribution in [1.29, 1.82) is 0 Å². The lowest BCUT2D eigenvalue weighted by atomic mass is 9.68. The van der Waals surface area contributed by atoms with Gasteiger partial charge in [0.2, 0.25) is 0 Å². The molecular weight excluding hydrogens is 258 g/mol. The van der Waals surface area contributed by atoms with Crippen LogP contribution in [0.25, 0.3) is 0 Å². The fourth-order valence-electron chi connectivity index (χ4n) is 4.22. The lowest BCUT2D eigenvalue weighted by molar-refractivity contribution is 0.192. The molecule has 2 aliphatic rings. The maximum Gasteiger partial charge on any atom is 0.122 e. The Labute approximate surface area is 129 Å². The van der Waals surface area contributed by atoms with Gasteiger partial charge in [0.1, 0.15) is 5.75 Å². The van der Waals surface area contributed by atoms with Crippen LogP contribution in [0.15, 0.2) is 18.2 Å². The summed E-state index contributed by atoms with van der Waals surface area (Å²) in [6.07, 6.45) is 5.19. The first-order valence-corrected chi connectivity index (χ1v) is 8.59. The van der Waals surface area contributed by atoms with E-state index < -0.39 is 0 Å². The third kappa shape index (κ3) is 3.11. The molecule has 2 nitrogen and oxygen atoms in total. The molecule has 3 unspecified atom stereocenters. The smallest absolute Gasteiger partial charge is 0.122 e. The molecule has 2 heteroatoms. The highest BCUT2D eigenvalue weighted by atomic mass is 16.5. The number of ether oxygens (including phenoxy) is 1. The van der Waals surface area contributed by atoms with E-state index in [0.717, 1.165) is 43.1 Å². The lowest BCUT2D eigenvalue weighted by Crippen LogP contribution is -2.32. The molecule has 0 radical (unpaired) electrons. The standard InChI is InChI=1S/C19H29NO/c1-13(2)14-4-5-17(12-20-3)18(11-14)15-6-7-19-16(10-15)8-9-21-19/h6-7,10,13-14,17-18,20H,4-5,8-9,11-12H2,1-3H3. The number of hydrogen-bond donors (Lipinski definition) is 1. The van der Waals surface area contributed by atoms with Crippen molar-refractivity contribution >= 4 is 0 Å². The summed E-state index contributed by atoms with van der Waals surface area (Å²) in [5.74, 6) is 4.29. The molecule has 1 aromatic rings. The van der Waals surface area contributed by atoms with Gasteiger partial charge in [0.25, 0.3) is 0 Å². The van der Waals surface area contributed by atoms with Crippen LogP contribution < -0.4 is 10.1 Å². The van der Waals surface area contributed by atoms with Gasteiger partial charge in [-0.3, -0.25) is 0 Å². The van der Waals surface area contributed by atoms with Crippen molar-refractivity contribution < 1.29 is 4.74 Å². The van der Waals surface area contributed by atoms with Gasteiger partial charge >= 0.3 is 0 Å². The van der Waals surface area contributed by atoms with Gasteiger partial charge < -0.3 is 10.1 Å². The minimum Gasteiger partial charge on any atom is -0.493 e. The van der Waals surface area contributed by atoms with E-state index in [1.165, 1.54) is 24.8 Å². The van der Waals surface area contributed by atoms with E-state index in [2.05, 4.69) is 44.4 Å². The van der Waals surface area contributed by atoms with E-state index in [4.69, 9.17) is 4.74 Å². The van der Waals surface area contributed by atoms with E-state index in [1.54, 1.807) is 5.56 Å². The van der Waals surface area contributed by atoms with Crippen LogP contribution >= 0.6 is 0 Å². The van der Waals surface area contributed by atoms with Gasteiger partial charge in [-0.15, -0.1) is 0 Å². The number of rotatable bonds is 4. The van der Waals surface area contributed by atoms with Gasteiger partial charge in [-0.05, 0) is 73.7 Å². The second-order valence-electron chi connectivity index (χ2n) is 7.21. The van der Waals surface area contributed by atoms with Crippen molar-refractivity contribution in [3.8, 4) is 5.75 Å². The van der Waals surface area contributed by atoms with Gasteiger partial charge in [-0.2, -0.15) is 0 Å². The third-order valence-corrected chi connectivity index (χ3v) is 5.58. The Hall–Kier alpha value is -1.02. The Bertz CT molecular complexity index is 482. The molecule has 1 N–H and O–H groups in total. The van der Waals surface area contributed by atoms with Crippen molar-refractivity contribution in [2.45, 2.75) is 45.4 Å². The van der Waals surface area contributed by atoms with Gasteiger partial charge in [0.15, 0.2) is 0 Å². The lowest BCUT2D eigenvalue weighted by Gasteiger charge is -2.38. The van der Waals surface area contributed by atoms with Crippen LogP contribution in [0.1, 0.15) is 50.2 Å². The summed E-state index contributed by atoms with van der Waals surface area (Å²) in [7, 11) is 2.09. The SMILES string of the molecule is CNCC1CCC(C(C)C)CC1c1ccc2c(c1)CCO2. The third-order valence-electron chi connectivity index (χ3n) is 5.58. The number of fused-ring (bicyclic) bond motifs is 1. The second-order valence-corrected chi connectivity index (χ2v) is 7.21. The minimum absolute atomic E-state index is 0.712. The Morgan fingerprint density at radius 2 is 2.14 bits per heavy atom. The maximum atomic E-state index is 5.66. The average molecular weight is 287 g/mol. The zero-order chi connectivity index (χ0) is 14.8. The molecule has 0 bridgehead atoms. The van der Waals surface area contributed by atoms with Crippen LogP contribution in [-0.2, 0) is 6.42 Å². The second kappa shape index (κ2) is 6.39. The molecule has 1 heterocycles. The summed E-state index contributed by atoms with van der Waals surface area (Å²) in [6, 6.07) is 6.95. The van der Waals surface area contributed by atoms with Crippen molar-refractivity contribution in [2.24, 2.45) is 17.8 Å². The molecule has 0 aromatic heterocycles. The molecule has 3 atom stereocenters. The normalized spacial score (nSPS) is 28.5. The molecule has 1 aliphatic heterocycles. The Kier molecular flexibility index (Phi) is 4.54. The zero-order valence-electron chi connectivity index (χ0n) is 13.7. The van der Waals surface area contributed by atoms with Crippen molar-refractivity contribution in [1.82, 2.24) is 5.32 Å². The summed E-state index contributed by atoms with van der Waals surface area (Å²) in [6.45, 7) is 6.77. The molecule has 1 fully saturated rings. The zero-order valence-corrected chi connectivity index (χ0v) is 13.7. The minimum atomic E-state index is 0.712. The van der Waals surface area contributed by atoms with E-state index in [0.29, 0.717) is 5.92 Å². The molecule has 0 saturated heterocycles. The topological polar surface area (TPSA) is 21.3 Å². The van der Waals surface area contributed by atoms with Crippen LogP contribution in [0, 0.1) is 17.8 Å². The summed E-state index contributed by atoms with van der Waals surface area (Å²) >= 11 is 0. The summed E-state index contributed by atoms with van der Waals surface area (Å²) in [5.41, 5.74) is 2.97. The van der Waals surface area contributed by atoms with E-state index in [-0.39, 0.29) is 0 Å². The quantitative estimate of drug-likeness (QED) is 0.904. The van der Waals surface area contributed by atoms with Gasteiger partial charge in [0.05, 0.1) is 6.61 Å². The highest BCUT2D eigenvalue weighted by Crippen LogP contribution is 2.44. The van der Waals surface area contributed by atoms with Crippen LogP contribution in [0.3, 0.4) is 0 Å². The van der Waals surface area contributed by atoms with Crippen molar-refractivity contribution in [3.05, 3.63) is 29.3 Å². The molecule has 3 rings (SSSR count). The first-order chi connectivity index (χ1) is 10.2. The molecule has 1 aromatic carbocycles. The first kappa shape index (κ1) is 14.9. The van der Waals surface area contributed by atoms with Crippen LogP contribution in [-0.4, -0.2) is 20.2 Å². The number of hydrogen-bond acceptors (Lipinski definition) is 2. The Balaban J connectivity index is 1.84. The van der Waals surface area contributed by atoms with Gasteiger partial charge in [-0.1, -0.05) is 26.0 Å². The number of benzene rings is 1. The maximum absolute atomic E-state index is 5.66. The molecule has 1 aliphatic carbocycles.